The maximum atomic E-state index is 12.1. The number of hydrogen-bond acceptors (Lipinski definition) is 2. The third kappa shape index (κ3) is 2.17. The van der Waals surface area contributed by atoms with Gasteiger partial charge in [-0.3, -0.25) is 9.59 Å². The minimum Gasteiger partial charge on any atom is -0.326 e. The summed E-state index contributed by atoms with van der Waals surface area (Å²) >= 11 is 0. The van der Waals surface area contributed by atoms with Crippen LogP contribution in [0.15, 0.2) is 24.3 Å². The van der Waals surface area contributed by atoms with E-state index in [1.54, 1.807) is 18.2 Å². The Balaban J connectivity index is 1.66. The highest BCUT2D eigenvalue weighted by atomic mass is 16.2. The molecule has 0 aromatic heterocycles. The lowest BCUT2D eigenvalue weighted by molar-refractivity contribution is -0.120. The summed E-state index contributed by atoms with van der Waals surface area (Å²) in [5, 5.41) is 2.93. The summed E-state index contributed by atoms with van der Waals surface area (Å²) in [6.07, 6.45) is 3.41. The molecule has 0 spiro atoms. The Bertz CT molecular complexity index is 499. The molecule has 3 rings (SSSR count). The van der Waals surface area contributed by atoms with Gasteiger partial charge in [-0.25, -0.2) is 0 Å². The topological polar surface area (TPSA) is 46.2 Å². The monoisotopic (exact) mass is 243 g/mol. The molecule has 2 atom stereocenters. The van der Waals surface area contributed by atoms with E-state index >= 15 is 0 Å². The molecule has 0 bridgehead atoms. The van der Waals surface area contributed by atoms with Crippen molar-refractivity contribution in [1.29, 1.82) is 0 Å². The second-order valence-corrected chi connectivity index (χ2v) is 5.55. The van der Waals surface area contributed by atoms with Gasteiger partial charge in [0.25, 0.3) is 0 Å². The predicted molar refractivity (Wildman–Crippen MR) is 69.4 cm³/mol. The zero-order valence-corrected chi connectivity index (χ0v) is 10.5. The standard InChI is InChI=1S/C15H17NO2/c1-9(17)10-3-2-4-14(8-10)16-15(18)13-6-11-5-12(11)7-13/h2-4,8,11-13H,5-7H2,1H3,(H,16,18). The van der Waals surface area contributed by atoms with E-state index in [9.17, 15) is 9.59 Å². The molecule has 1 aromatic rings. The highest BCUT2D eigenvalue weighted by molar-refractivity contribution is 5.97. The van der Waals surface area contributed by atoms with Gasteiger partial charge in [0.15, 0.2) is 5.78 Å². The van der Waals surface area contributed by atoms with E-state index in [1.165, 1.54) is 13.3 Å². The summed E-state index contributed by atoms with van der Waals surface area (Å²) in [6, 6.07) is 7.15. The van der Waals surface area contributed by atoms with Crippen molar-refractivity contribution in [2.75, 3.05) is 5.32 Å². The zero-order valence-electron chi connectivity index (χ0n) is 10.5. The van der Waals surface area contributed by atoms with Crippen LogP contribution in [0.3, 0.4) is 0 Å². The number of ketones is 1. The van der Waals surface area contributed by atoms with E-state index in [0.29, 0.717) is 5.56 Å². The van der Waals surface area contributed by atoms with Crippen molar-refractivity contribution in [2.24, 2.45) is 17.8 Å². The molecule has 2 aliphatic carbocycles. The lowest BCUT2D eigenvalue weighted by Crippen LogP contribution is -2.21. The highest BCUT2D eigenvalue weighted by Gasteiger charge is 2.47. The summed E-state index contributed by atoms with van der Waals surface area (Å²) in [5.41, 5.74) is 1.37. The number of carbonyl (C=O) groups excluding carboxylic acids is 2. The van der Waals surface area contributed by atoms with Gasteiger partial charge in [0, 0.05) is 17.2 Å². The number of anilines is 1. The first-order valence-electron chi connectivity index (χ1n) is 6.55. The van der Waals surface area contributed by atoms with Gasteiger partial charge in [0.1, 0.15) is 0 Å². The molecule has 94 valence electrons. The van der Waals surface area contributed by atoms with Crippen LogP contribution in [0.5, 0.6) is 0 Å². The molecule has 0 heterocycles. The van der Waals surface area contributed by atoms with E-state index in [4.69, 9.17) is 0 Å². The largest absolute Gasteiger partial charge is 0.326 e. The van der Waals surface area contributed by atoms with Crippen molar-refractivity contribution in [1.82, 2.24) is 0 Å². The number of fused-ring (bicyclic) bond motifs is 1. The summed E-state index contributed by atoms with van der Waals surface area (Å²) in [7, 11) is 0. The number of Topliss-reactive ketones (excluding diaryl/α,β-unsaturated/α-hetero) is 1. The fourth-order valence-corrected chi connectivity index (χ4v) is 2.99. The molecular weight excluding hydrogens is 226 g/mol. The van der Waals surface area contributed by atoms with Gasteiger partial charge in [-0.05, 0) is 50.2 Å². The van der Waals surface area contributed by atoms with Gasteiger partial charge in [-0.1, -0.05) is 12.1 Å². The average molecular weight is 243 g/mol. The van der Waals surface area contributed by atoms with Crippen molar-refractivity contribution in [3.05, 3.63) is 29.8 Å². The third-order valence-corrected chi connectivity index (χ3v) is 4.15. The second kappa shape index (κ2) is 4.23. The first-order chi connectivity index (χ1) is 8.63. The Morgan fingerprint density at radius 2 is 1.89 bits per heavy atom. The summed E-state index contributed by atoms with van der Waals surface area (Å²) < 4.78 is 0. The minimum atomic E-state index is 0.0215. The lowest BCUT2D eigenvalue weighted by Gasteiger charge is -2.12. The summed E-state index contributed by atoms with van der Waals surface area (Å²) in [4.78, 5) is 23.3. The van der Waals surface area contributed by atoms with Gasteiger partial charge in [0.05, 0.1) is 0 Å². The molecule has 2 fully saturated rings. The first kappa shape index (κ1) is 11.5. The fourth-order valence-electron chi connectivity index (χ4n) is 2.99. The number of carbonyl (C=O) groups is 2. The van der Waals surface area contributed by atoms with Crippen LogP contribution < -0.4 is 5.32 Å². The maximum Gasteiger partial charge on any atom is 0.227 e. The molecule has 1 aromatic carbocycles. The van der Waals surface area contributed by atoms with Gasteiger partial charge in [0.2, 0.25) is 5.91 Å². The molecule has 3 heteroatoms. The Morgan fingerprint density at radius 1 is 1.17 bits per heavy atom. The molecular formula is C15H17NO2. The second-order valence-electron chi connectivity index (χ2n) is 5.55. The molecule has 1 amide bonds. The van der Waals surface area contributed by atoms with Crippen molar-refractivity contribution in [3.63, 3.8) is 0 Å². The summed E-state index contributed by atoms with van der Waals surface area (Å²) in [5.74, 6) is 1.93. The van der Waals surface area contributed by atoms with Crippen molar-refractivity contribution >= 4 is 17.4 Å². The number of rotatable bonds is 3. The zero-order chi connectivity index (χ0) is 12.7. The van der Waals surface area contributed by atoms with E-state index in [0.717, 1.165) is 30.4 Å². The quantitative estimate of drug-likeness (QED) is 0.830. The van der Waals surface area contributed by atoms with Gasteiger partial charge in [-0.15, -0.1) is 0 Å². The van der Waals surface area contributed by atoms with Crippen LogP contribution in [-0.4, -0.2) is 11.7 Å². The Hall–Kier alpha value is -1.64. The first-order valence-corrected chi connectivity index (χ1v) is 6.55. The van der Waals surface area contributed by atoms with Crippen LogP contribution in [0.2, 0.25) is 0 Å². The molecule has 1 N–H and O–H groups in total. The van der Waals surface area contributed by atoms with Crippen molar-refractivity contribution in [2.45, 2.75) is 26.2 Å². The van der Waals surface area contributed by atoms with Crippen LogP contribution >= 0.6 is 0 Å². The van der Waals surface area contributed by atoms with E-state index in [-0.39, 0.29) is 17.6 Å². The Kier molecular flexibility index (Phi) is 2.69. The molecule has 0 saturated heterocycles. The molecule has 3 nitrogen and oxygen atoms in total. The van der Waals surface area contributed by atoms with Crippen molar-refractivity contribution < 1.29 is 9.59 Å². The SMILES string of the molecule is CC(=O)c1cccc(NC(=O)C2CC3CC3C2)c1. The van der Waals surface area contributed by atoms with Gasteiger partial charge < -0.3 is 5.32 Å². The smallest absolute Gasteiger partial charge is 0.227 e. The van der Waals surface area contributed by atoms with Crippen LogP contribution in [0.4, 0.5) is 5.69 Å². The minimum absolute atomic E-state index is 0.0215. The fraction of sp³-hybridized carbons (Fsp3) is 0.467. The molecule has 2 saturated carbocycles. The van der Waals surface area contributed by atoms with Crippen LogP contribution in [0.1, 0.15) is 36.5 Å². The predicted octanol–water partition coefficient (Wildman–Crippen LogP) is 2.87. The number of hydrogen-bond donors (Lipinski definition) is 1. The van der Waals surface area contributed by atoms with Crippen LogP contribution in [0.25, 0.3) is 0 Å². The number of benzene rings is 1. The van der Waals surface area contributed by atoms with E-state index in [1.807, 2.05) is 6.07 Å². The maximum absolute atomic E-state index is 12.1. The average Bonchev–Trinajstić information content (AvgIpc) is 2.96. The van der Waals surface area contributed by atoms with Crippen LogP contribution in [-0.2, 0) is 4.79 Å². The van der Waals surface area contributed by atoms with E-state index < -0.39 is 0 Å². The van der Waals surface area contributed by atoms with Gasteiger partial charge >= 0.3 is 0 Å². The van der Waals surface area contributed by atoms with E-state index in [2.05, 4.69) is 5.32 Å². The van der Waals surface area contributed by atoms with Gasteiger partial charge in [-0.2, -0.15) is 0 Å². The molecule has 2 unspecified atom stereocenters. The highest BCUT2D eigenvalue weighted by Crippen LogP contribution is 2.54. The lowest BCUT2D eigenvalue weighted by atomic mass is 10.0. The van der Waals surface area contributed by atoms with Crippen molar-refractivity contribution in [3.8, 4) is 0 Å². The molecule has 0 radical (unpaired) electrons. The number of nitrogens with one attached hydrogen (secondary N) is 1. The molecule has 2 aliphatic rings. The Morgan fingerprint density at radius 3 is 2.56 bits per heavy atom. The van der Waals surface area contributed by atoms with Crippen LogP contribution in [0, 0.1) is 17.8 Å². The number of amides is 1. The Labute approximate surface area is 107 Å². The molecule has 18 heavy (non-hydrogen) atoms. The molecule has 0 aliphatic heterocycles. The summed E-state index contributed by atoms with van der Waals surface area (Å²) in [6.45, 7) is 1.53. The third-order valence-electron chi connectivity index (χ3n) is 4.15. The normalized spacial score (nSPS) is 28.6.